The smallest absolute Gasteiger partial charge is 0.350 e. The number of amides is 1. The highest BCUT2D eigenvalue weighted by Crippen LogP contribution is 2.43. The number of esters is 1. The van der Waals surface area contributed by atoms with E-state index in [1.54, 1.807) is 31.2 Å². The topological polar surface area (TPSA) is 98.9 Å². The van der Waals surface area contributed by atoms with E-state index < -0.39 is 17.9 Å². The lowest BCUT2D eigenvalue weighted by atomic mass is 9.98. The number of ether oxygens (including phenoxy) is 2. The molecule has 1 aliphatic rings. The van der Waals surface area contributed by atoms with Gasteiger partial charge in [-0.1, -0.05) is 35.1 Å². The molecule has 4 aromatic rings. The van der Waals surface area contributed by atoms with E-state index in [0.717, 1.165) is 16.9 Å². The van der Waals surface area contributed by atoms with E-state index in [9.17, 15) is 14.4 Å². The van der Waals surface area contributed by atoms with Gasteiger partial charge in [0.25, 0.3) is 5.91 Å². The minimum absolute atomic E-state index is 0.0299. The summed E-state index contributed by atoms with van der Waals surface area (Å²) in [6.45, 7) is 5.97. The lowest BCUT2D eigenvalue weighted by Crippen LogP contribution is -2.29. The fraction of sp³-hybridized carbons (Fsp3) is 0.231. The molecule has 5 rings (SSSR count). The molecular weight excluding hydrogens is 468 g/mol. The van der Waals surface area contributed by atoms with Gasteiger partial charge >= 0.3 is 5.97 Å². The fourth-order valence-electron chi connectivity index (χ4n) is 4.28. The van der Waals surface area contributed by atoms with Crippen LogP contribution in [0.1, 0.15) is 55.6 Å². The van der Waals surface area contributed by atoms with Crippen LogP contribution >= 0.6 is 11.3 Å². The van der Waals surface area contributed by atoms with Gasteiger partial charge in [-0.15, -0.1) is 0 Å². The molecule has 1 amide bonds. The molecule has 1 atom stereocenters. The van der Waals surface area contributed by atoms with Crippen LogP contribution in [0.25, 0.3) is 11.0 Å². The van der Waals surface area contributed by atoms with Gasteiger partial charge in [0.05, 0.1) is 36.4 Å². The second-order valence-electron chi connectivity index (χ2n) is 8.16. The highest BCUT2D eigenvalue weighted by molar-refractivity contribution is 7.17. The third-order valence-corrected chi connectivity index (χ3v) is 7.03. The zero-order valence-corrected chi connectivity index (χ0v) is 20.4. The van der Waals surface area contributed by atoms with Gasteiger partial charge in [-0.2, -0.15) is 0 Å². The molecule has 0 saturated carbocycles. The molecule has 0 N–H and O–H groups in total. The van der Waals surface area contributed by atoms with Crippen LogP contribution in [0.4, 0.5) is 5.13 Å². The molecule has 1 aliphatic heterocycles. The Morgan fingerprint density at radius 2 is 1.89 bits per heavy atom. The first-order chi connectivity index (χ1) is 16.8. The molecular formula is C26H22N2O6S. The summed E-state index contributed by atoms with van der Waals surface area (Å²) >= 11 is 1.04. The summed E-state index contributed by atoms with van der Waals surface area (Å²) in [4.78, 5) is 45.8. The molecule has 0 bridgehead atoms. The number of rotatable bonds is 5. The molecule has 0 aliphatic carbocycles. The molecule has 2 aromatic heterocycles. The van der Waals surface area contributed by atoms with E-state index >= 15 is 0 Å². The van der Waals surface area contributed by atoms with Crippen LogP contribution in [0.5, 0.6) is 5.75 Å². The van der Waals surface area contributed by atoms with E-state index in [4.69, 9.17) is 13.9 Å². The molecule has 3 heterocycles. The second kappa shape index (κ2) is 8.66. The zero-order valence-electron chi connectivity index (χ0n) is 19.6. The van der Waals surface area contributed by atoms with E-state index in [0.29, 0.717) is 34.6 Å². The number of benzene rings is 2. The Bertz CT molecular complexity index is 1540. The van der Waals surface area contributed by atoms with Crippen LogP contribution in [0.15, 0.2) is 51.7 Å². The molecule has 35 heavy (non-hydrogen) atoms. The SMILES string of the molecule is CCOc1ccc(C2c3c(oc4ccc(C)cc4c3=O)C(=O)N2c2nc(C)c(C(=O)OC)s2)cc1. The standard InChI is InChI=1S/C26H22N2O6S/c1-5-33-16-9-7-15(8-10-16)20-19-21(29)17-12-13(2)6-11-18(17)34-22(19)24(30)28(20)26-27-14(3)23(35-26)25(31)32-4/h6-12,20H,5H2,1-4H3. The summed E-state index contributed by atoms with van der Waals surface area (Å²) in [5.41, 5.74) is 2.33. The highest BCUT2D eigenvalue weighted by Gasteiger charge is 2.45. The summed E-state index contributed by atoms with van der Waals surface area (Å²) in [7, 11) is 1.29. The fourth-order valence-corrected chi connectivity index (χ4v) is 5.29. The number of fused-ring (bicyclic) bond motifs is 2. The number of aromatic nitrogens is 1. The van der Waals surface area contributed by atoms with Gasteiger partial charge in [-0.25, -0.2) is 9.78 Å². The zero-order chi connectivity index (χ0) is 24.9. The lowest BCUT2D eigenvalue weighted by molar-refractivity contribution is 0.0605. The van der Waals surface area contributed by atoms with Crippen molar-refractivity contribution in [3.63, 3.8) is 0 Å². The van der Waals surface area contributed by atoms with E-state index in [1.165, 1.54) is 12.0 Å². The van der Waals surface area contributed by atoms with Crippen LogP contribution in [-0.4, -0.2) is 30.6 Å². The van der Waals surface area contributed by atoms with Crippen molar-refractivity contribution in [2.24, 2.45) is 0 Å². The van der Waals surface area contributed by atoms with Gasteiger partial charge in [0.1, 0.15) is 16.2 Å². The minimum Gasteiger partial charge on any atom is -0.494 e. The molecule has 0 fully saturated rings. The first kappa shape index (κ1) is 22.8. The number of nitrogens with zero attached hydrogens (tertiary/aromatic N) is 2. The van der Waals surface area contributed by atoms with Crippen molar-refractivity contribution in [2.75, 3.05) is 18.6 Å². The van der Waals surface area contributed by atoms with Gasteiger partial charge in [-0.3, -0.25) is 14.5 Å². The van der Waals surface area contributed by atoms with Crippen LogP contribution in [0.2, 0.25) is 0 Å². The summed E-state index contributed by atoms with van der Waals surface area (Å²) in [5, 5.41) is 0.678. The van der Waals surface area contributed by atoms with Gasteiger partial charge in [-0.05, 0) is 50.6 Å². The normalized spacial score (nSPS) is 14.9. The minimum atomic E-state index is -0.787. The average molecular weight is 491 g/mol. The van der Waals surface area contributed by atoms with Crippen molar-refractivity contribution in [1.82, 2.24) is 4.98 Å². The Kier molecular flexibility index (Phi) is 5.64. The summed E-state index contributed by atoms with van der Waals surface area (Å²) < 4.78 is 16.4. The molecule has 178 valence electrons. The highest BCUT2D eigenvalue weighted by atomic mass is 32.1. The van der Waals surface area contributed by atoms with E-state index in [1.807, 2.05) is 32.0 Å². The largest absolute Gasteiger partial charge is 0.494 e. The van der Waals surface area contributed by atoms with Crippen molar-refractivity contribution in [3.05, 3.63) is 85.7 Å². The first-order valence-corrected chi connectivity index (χ1v) is 11.8. The maximum absolute atomic E-state index is 13.7. The van der Waals surface area contributed by atoms with Crippen LogP contribution in [-0.2, 0) is 4.74 Å². The van der Waals surface area contributed by atoms with Gasteiger partial charge in [0, 0.05) is 0 Å². The molecule has 0 radical (unpaired) electrons. The predicted octanol–water partition coefficient (Wildman–Crippen LogP) is 4.80. The number of carbonyl (C=O) groups excluding carboxylic acids is 2. The Morgan fingerprint density at radius 1 is 1.14 bits per heavy atom. The van der Waals surface area contributed by atoms with Crippen molar-refractivity contribution in [2.45, 2.75) is 26.8 Å². The number of methoxy groups -OCH3 is 1. The third-order valence-electron chi connectivity index (χ3n) is 5.89. The number of hydrogen-bond acceptors (Lipinski definition) is 8. The summed E-state index contributed by atoms with van der Waals surface area (Å²) in [6.07, 6.45) is 0. The monoisotopic (exact) mass is 490 g/mol. The summed E-state index contributed by atoms with van der Waals surface area (Å²) in [5.74, 6) is -0.392. The van der Waals surface area contributed by atoms with Crippen molar-refractivity contribution in [3.8, 4) is 5.75 Å². The number of thiazole rings is 1. The Balaban J connectivity index is 1.75. The maximum Gasteiger partial charge on any atom is 0.350 e. The molecule has 8 nitrogen and oxygen atoms in total. The number of hydrogen-bond donors (Lipinski definition) is 0. The van der Waals surface area contributed by atoms with E-state index in [2.05, 4.69) is 4.98 Å². The van der Waals surface area contributed by atoms with Gasteiger partial charge < -0.3 is 13.9 Å². The summed E-state index contributed by atoms with van der Waals surface area (Å²) in [6, 6.07) is 11.7. The molecule has 1 unspecified atom stereocenters. The number of anilines is 1. The van der Waals surface area contributed by atoms with Gasteiger partial charge in [0.2, 0.25) is 5.76 Å². The Hall–Kier alpha value is -3.98. The van der Waals surface area contributed by atoms with Crippen molar-refractivity contribution < 1.29 is 23.5 Å². The van der Waals surface area contributed by atoms with Crippen LogP contribution < -0.4 is 15.1 Å². The van der Waals surface area contributed by atoms with Crippen LogP contribution in [0.3, 0.4) is 0 Å². The molecule has 2 aromatic carbocycles. The molecule has 0 spiro atoms. The third kappa shape index (κ3) is 3.68. The number of carbonyl (C=O) groups is 2. The van der Waals surface area contributed by atoms with Gasteiger partial charge in [0.15, 0.2) is 10.6 Å². The number of aryl methyl sites for hydroxylation is 2. The van der Waals surface area contributed by atoms with Crippen molar-refractivity contribution in [1.29, 1.82) is 0 Å². The van der Waals surface area contributed by atoms with Crippen LogP contribution in [0, 0.1) is 13.8 Å². The van der Waals surface area contributed by atoms with Crippen molar-refractivity contribution >= 4 is 39.3 Å². The predicted molar refractivity (Wildman–Crippen MR) is 132 cm³/mol. The maximum atomic E-state index is 13.7. The average Bonchev–Trinajstić information content (AvgIpc) is 3.37. The lowest BCUT2D eigenvalue weighted by Gasteiger charge is -2.22. The second-order valence-corrected chi connectivity index (χ2v) is 9.13. The Labute approximate surface area is 204 Å². The molecule has 0 saturated heterocycles. The Morgan fingerprint density at radius 3 is 2.57 bits per heavy atom. The van der Waals surface area contributed by atoms with E-state index in [-0.39, 0.29) is 26.8 Å². The quantitative estimate of drug-likeness (QED) is 0.371. The molecule has 9 heteroatoms. The first-order valence-electron chi connectivity index (χ1n) is 11.0.